The summed E-state index contributed by atoms with van der Waals surface area (Å²) >= 11 is 0. The number of nitrogens with zero attached hydrogens (tertiary/aromatic N) is 3. The van der Waals surface area contributed by atoms with E-state index in [0.29, 0.717) is 18.7 Å². The largest absolute Gasteiger partial charge is 0.381 e. The normalized spacial score (nSPS) is 26.3. The number of methoxy groups -OCH3 is 1. The van der Waals surface area contributed by atoms with E-state index in [2.05, 4.69) is 5.10 Å². The fourth-order valence-electron chi connectivity index (χ4n) is 3.96. The molecule has 2 fully saturated rings. The molecule has 1 aromatic carbocycles. The van der Waals surface area contributed by atoms with Crippen LogP contribution in [0.2, 0.25) is 0 Å². The van der Waals surface area contributed by atoms with Gasteiger partial charge in [-0.1, -0.05) is 12.1 Å². The fourth-order valence-corrected chi connectivity index (χ4v) is 3.96. The first-order valence-corrected chi connectivity index (χ1v) is 8.82. The zero-order valence-corrected chi connectivity index (χ0v) is 14.4. The number of carbonyl (C=O) groups is 1. The van der Waals surface area contributed by atoms with Gasteiger partial charge in [0.05, 0.1) is 36.1 Å². The van der Waals surface area contributed by atoms with Crippen molar-refractivity contribution in [3.05, 3.63) is 48.3 Å². The molecule has 1 aromatic heterocycles. The molecule has 25 heavy (non-hydrogen) atoms. The molecule has 2 aromatic rings. The van der Waals surface area contributed by atoms with Gasteiger partial charge in [0.15, 0.2) is 0 Å². The molecule has 132 valence electrons. The average molecular weight is 341 g/mol. The first-order valence-electron chi connectivity index (χ1n) is 8.82. The van der Waals surface area contributed by atoms with E-state index in [1.165, 1.54) is 0 Å². The molecule has 0 spiro atoms. The molecular formula is C19H23N3O3. The van der Waals surface area contributed by atoms with Gasteiger partial charge in [-0.2, -0.15) is 5.10 Å². The molecule has 1 aliphatic heterocycles. The van der Waals surface area contributed by atoms with Gasteiger partial charge >= 0.3 is 0 Å². The minimum absolute atomic E-state index is 0.0427. The molecule has 0 N–H and O–H groups in total. The van der Waals surface area contributed by atoms with Gasteiger partial charge in [0.2, 0.25) is 0 Å². The molecule has 1 saturated heterocycles. The van der Waals surface area contributed by atoms with Gasteiger partial charge < -0.3 is 14.4 Å². The zero-order chi connectivity index (χ0) is 17.2. The number of rotatable bonds is 3. The molecule has 0 bridgehead atoms. The topological polar surface area (TPSA) is 56.6 Å². The van der Waals surface area contributed by atoms with Crippen LogP contribution in [0.1, 0.15) is 29.6 Å². The number of aromatic nitrogens is 2. The van der Waals surface area contributed by atoms with Gasteiger partial charge in [-0.15, -0.1) is 0 Å². The van der Waals surface area contributed by atoms with Crippen molar-refractivity contribution in [2.45, 2.75) is 37.5 Å². The third-order valence-corrected chi connectivity index (χ3v) is 5.25. The first kappa shape index (κ1) is 16.3. The summed E-state index contributed by atoms with van der Waals surface area (Å²) in [5.41, 5.74) is 1.48. The van der Waals surface area contributed by atoms with Crippen LogP contribution in [0.3, 0.4) is 0 Å². The number of benzene rings is 1. The van der Waals surface area contributed by atoms with Crippen LogP contribution in [0.25, 0.3) is 5.69 Å². The summed E-state index contributed by atoms with van der Waals surface area (Å²) in [5.74, 6) is 0.0427. The second-order valence-electron chi connectivity index (χ2n) is 6.61. The lowest BCUT2D eigenvalue weighted by Crippen LogP contribution is -2.57. The Morgan fingerprint density at radius 1 is 1.28 bits per heavy atom. The predicted octanol–water partition coefficient (Wildman–Crippen LogP) is 2.28. The Kier molecular flexibility index (Phi) is 4.55. The van der Waals surface area contributed by atoms with E-state index in [0.717, 1.165) is 24.9 Å². The van der Waals surface area contributed by atoms with Gasteiger partial charge in [-0.3, -0.25) is 4.79 Å². The maximum Gasteiger partial charge on any atom is 0.256 e. The summed E-state index contributed by atoms with van der Waals surface area (Å²) in [5, 5.41) is 4.28. The Hall–Kier alpha value is -2.18. The second kappa shape index (κ2) is 6.98. The van der Waals surface area contributed by atoms with Gasteiger partial charge in [-0.05, 0) is 37.5 Å². The Morgan fingerprint density at radius 3 is 2.96 bits per heavy atom. The van der Waals surface area contributed by atoms with Gasteiger partial charge in [0.25, 0.3) is 5.91 Å². The quantitative estimate of drug-likeness (QED) is 0.859. The van der Waals surface area contributed by atoms with E-state index < -0.39 is 0 Å². The highest BCUT2D eigenvalue weighted by molar-refractivity contribution is 5.98. The number of amides is 1. The minimum atomic E-state index is 0.0427. The van der Waals surface area contributed by atoms with Gasteiger partial charge in [0, 0.05) is 26.0 Å². The standard InChI is InChI=1S/C19H23N3O3/c1-24-14-7-8-18-17(13-14)21(11-12-25-18)19(23)15-5-2-3-6-16(15)22-10-4-9-20-22/h2-6,9-10,14,17-18H,7-8,11-13H2,1H3/t14-,17-,18+/m1/s1. The predicted molar refractivity (Wildman–Crippen MR) is 92.8 cm³/mol. The van der Waals surface area contributed by atoms with Crippen LogP contribution in [-0.4, -0.2) is 59.1 Å². The monoisotopic (exact) mass is 341 g/mol. The van der Waals surface area contributed by atoms with E-state index in [-0.39, 0.29) is 24.2 Å². The summed E-state index contributed by atoms with van der Waals surface area (Å²) in [7, 11) is 1.74. The Balaban J connectivity index is 1.64. The molecule has 0 radical (unpaired) electrons. The lowest BCUT2D eigenvalue weighted by atomic mass is 9.87. The number of fused-ring (bicyclic) bond motifs is 1. The van der Waals surface area contributed by atoms with Crippen molar-refractivity contribution in [1.29, 1.82) is 0 Å². The number of hydrogen-bond donors (Lipinski definition) is 0. The zero-order valence-electron chi connectivity index (χ0n) is 14.4. The van der Waals surface area contributed by atoms with Gasteiger partial charge in [0.1, 0.15) is 0 Å². The summed E-state index contributed by atoms with van der Waals surface area (Å²) in [6.45, 7) is 1.21. The molecule has 6 heteroatoms. The van der Waals surface area contributed by atoms with Crippen LogP contribution in [0.4, 0.5) is 0 Å². The Bertz CT molecular complexity index is 731. The Labute approximate surface area is 147 Å². The van der Waals surface area contributed by atoms with E-state index in [9.17, 15) is 4.79 Å². The molecule has 4 rings (SSSR count). The van der Waals surface area contributed by atoms with Crippen molar-refractivity contribution in [2.75, 3.05) is 20.3 Å². The molecule has 2 heterocycles. The van der Waals surface area contributed by atoms with Crippen LogP contribution in [0, 0.1) is 0 Å². The van der Waals surface area contributed by atoms with Crippen LogP contribution in [0.15, 0.2) is 42.7 Å². The van der Waals surface area contributed by atoms with Crippen molar-refractivity contribution in [3.8, 4) is 5.69 Å². The maximum atomic E-state index is 13.4. The van der Waals surface area contributed by atoms with Crippen LogP contribution < -0.4 is 0 Å². The Morgan fingerprint density at radius 2 is 2.16 bits per heavy atom. The van der Waals surface area contributed by atoms with Crippen LogP contribution in [-0.2, 0) is 9.47 Å². The fraction of sp³-hybridized carbons (Fsp3) is 0.474. The van der Waals surface area contributed by atoms with Crippen molar-refractivity contribution >= 4 is 5.91 Å². The van der Waals surface area contributed by atoms with E-state index in [4.69, 9.17) is 9.47 Å². The molecular weight excluding hydrogens is 318 g/mol. The smallest absolute Gasteiger partial charge is 0.256 e. The number of morpholine rings is 1. The van der Waals surface area contributed by atoms with E-state index >= 15 is 0 Å². The highest BCUT2D eigenvalue weighted by Gasteiger charge is 2.40. The summed E-state index contributed by atoms with van der Waals surface area (Å²) in [6.07, 6.45) is 6.64. The second-order valence-corrected chi connectivity index (χ2v) is 6.61. The third-order valence-electron chi connectivity index (χ3n) is 5.25. The first-order chi connectivity index (χ1) is 12.3. The van der Waals surface area contributed by atoms with Crippen molar-refractivity contribution < 1.29 is 14.3 Å². The van der Waals surface area contributed by atoms with Crippen LogP contribution in [0.5, 0.6) is 0 Å². The molecule has 1 saturated carbocycles. The van der Waals surface area contributed by atoms with Crippen molar-refractivity contribution in [2.24, 2.45) is 0 Å². The van der Waals surface area contributed by atoms with Gasteiger partial charge in [-0.25, -0.2) is 4.68 Å². The summed E-state index contributed by atoms with van der Waals surface area (Å²) in [4.78, 5) is 15.3. The van der Waals surface area contributed by atoms with E-state index in [1.54, 1.807) is 18.0 Å². The van der Waals surface area contributed by atoms with E-state index in [1.807, 2.05) is 41.4 Å². The summed E-state index contributed by atoms with van der Waals surface area (Å²) < 4.78 is 13.2. The highest BCUT2D eigenvalue weighted by atomic mass is 16.5. The minimum Gasteiger partial charge on any atom is -0.381 e. The lowest BCUT2D eigenvalue weighted by molar-refractivity contribution is -0.101. The van der Waals surface area contributed by atoms with Crippen molar-refractivity contribution in [1.82, 2.24) is 14.7 Å². The number of ether oxygens (including phenoxy) is 2. The number of para-hydroxylation sites is 1. The SMILES string of the molecule is CO[C@@H]1CC[C@@H]2OCCN(C(=O)c3ccccc3-n3cccn3)[C@@H]2C1. The third kappa shape index (κ3) is 3.07. The molecule has 3 atom stereocenters. The molecule has 1 aliphatic carbocycles. The molecule has 0 unspecified atom stereocenters. The molecule has 6 nitrogen and oxygen atoms in total. The van der Waals surface area contributed by atoms with Crippen molar-refractivity contribution in [3.63, 3.8) is 0 Å². The maximum absolute atomic E-state index is 13.4. The van der Waals surface area contributed by atoms with Crippen LogP contribution >= 0.6 is 0 Å². The number of hydrogen-bond acceptors (Lipinski definition) is 4. The lowest BCUT2D eigenvalue weighted by Gasteiger charge is -2.45. The number of carbonyl (C=O) groups excluding carboxylic acids is 1. The highest BCUT2D eigenvalue weighted by Crippen LogP contribution is 2.31. The molecule has 2 aliphatic rings. The average Bonchev–Trinajstić information content (AvgIpc) is 3.21. The molecule has 1 amide bonds. The summed E-state index contributed by atoms with van der Waals surface area (Å²) in [6, 6.07) is 9.56.